The van der Waals surface area contributed by atoms with Crippen molar-refractivity contribution in [3.05, 3.63) is 17.0 Å². The van der Waals surface area contributed by atoms with Crippen molar-refractivity contribution in [3.8, 4) is 0 Å². The van der Waals surface area contributed by atoms with Crippen LogP contribution in [0.15, 0.2) is 16.3 Å². The molecule has 0 spiro atoms. The number of nitrogens with zero attached hydrogens (tertiary/aromatic N) is 1. The van der Waals surface area contributed by atoms with Crippen molar-refractivity contribution >= 4 is 27.3 Å². The fourth-order valence-electron chi connectivity index (χ4n) is 1.56. The van der Waals surface area contributed by atoms with Gasteiger partial charge in [-0.3, -0.25) is 4.79 Å². The van der Waals surface area contributed by atoms with Crippen molar-refractivity contribution in [2.75, 3.05) is 19.7 Å². The van der Waals surface area contributed by atoms with Gasteiger partial charge < -0.3 is 4.74 Å². The van der Waals surface area contributed by atoms with Crippen LogP contribution in [0.1, 0.15) is 25.1 Å². The number of carbonyl (C=O) groups excluding carboxylic acids is 1. The standard InChI is InChI=1S/C12H19NO4S2/c1-4-8-13(9-11(14)17-5-2)19(15,16)12-7-6-10(3)18-12/h6-7H,4-5,8-9H2,1-3H3. The summed E-state index contributed by atoms with van der Waals surface area (Å²) in [6.45, 7) is 5.72. The monoisotopic (exact) mass is 305 g/mol. The Bertz CT molecular complexity index is 522. The normalized spacial score (nSPS) is 11.8. The molecule has 0 fully saturated rings. The van der Waals surface area contributed by atoms with E-state index in [1.54, 1.807) is 19.1 Å². The van der Waals surface area contributed by atoms with Crippen LogP contribution in [0.25, 0.3) is 0 Å². The van der Waals surface area contributed by atoms with Crippen molar-refractivity contribution in [1.29, 1.82) is 0 Å². The van der Waals surface area contributed by atoms with Gasteiger partial charge in [0.15, 0.2) is 0 Å². The molecule has 0 N–H and O–H groups in total. The van der Waals surface area contributed by atoms with E-state index in [4.69, 9.17) is 4.74 Å². The Morgan fingerprint density at radius 3 is 2.53 bits per heavy atom. The molecule has 1 rings (SSSR count). The molecule has 19 heavy (non-hydrogen) atoms. The van der Waals surface area contributed by atoms with Gasteiger partial charge in [0.25, 0.3) is 10.0 Å². The maximum atomic E-state index is 12.4. The van der Waals surface area contributed by atoms with Crippen molar-refractivity contribution in [2.45, 2.75) is 31.4 Å². The van der Waals surface area contributed by atoms with Gasteiger partial charge in [-0.15, -0.1) is 11.3 Å². The quantitative estimate of drug-likeness (QED) is 0.723. The van der Waals surface area contributed by atoms with Crippen LogP contribution in [0, 0.1) is 6.92 Å². The van der Waals surface area contributed by atoms with Gasteiger partial charge in [0.1, 0.15) is 10.8 Å². The molecular weight excluding hydrogens is 286 g/mol. The third-order valence-corrected chi connectivity index (χ3v) is 5.71. The molecule has 0 bridgehead atoms. The maximum Gasteiger partial charge on any atom is 0.321 e. The van der Waals surface area contributed by atoms with Crippen LogP contribution in [-0.2, 0) is 19.6 Å². The molecule has 0 saturated heterocycles. The Kier molecular flexibility index (Phi) is 5.96. The highest BCUT2D eigenvalue weighted by Crippen LogP contribution is 2.24. The van der Waals surface area contributed by atoms with Gasteiger partial charge in [0.2, 0.25) is 0 Å². The second kappa shape index (κ2) is 7.02. The first-order valence-electron chi connectivity index (χ1n) is 6.14. The van der Waals surface area contributed by atoms with Crippen molar-refractivity contribution in [2.24, 2.45) is 0 Å². The first kappa shape index (κ1) is 16.1. The van der Waals surface area contributed by atoms with Crippen molar-refractivity contribution in [1.82, 2.24) is 4.31 Å². The number of rotatable bonds is 7. The SMILES string of the molecule is CCCN(CC(=O)OCC)S(=O)(=O)c1ccc(C)s1. The van der Waals surface area contributed by atoms with E-state index in [1.165, 1.54) is 15.6 Å². The number of thiophene rings is 1. The molecule has 0 amide bonds. The van der Waals surface area contributed by atoms with Crippen molar-refractivity contribution < 1.29 is 17.9 Å². The predicted molar refractivity (Wildman–Crippen MR) is 74.7 cm³/mol. The second-order valence-corrected chi connectivity index (χ2v) is 7.46. The topological polar surface area (TPSA) is 63.7 Å². The maximum absolute atomic E-state index is 12.4. The third-order valence-electron chi connectivity index (χ3n) is 2.39. The number of carbonyl (C=O) groups is 1. The van der Waals surface area contributed by atoms with Gasteiger partial charge in [0, 0.05) is 11.4 Å². The predicted octanol–water partition coefficient (Wildman–Crippen LogP) is 2.02. The average Bonchev–Trinajstić information content (AvgIpc) is 2.76. The molecule has 1 aromatic heterocycles. The molecule has 0 aliphatic carbocycles. The molecule has 0 atom stereocenters. The molecule has 0 saturated carbocycles. The van der Waals surface area contributed by atoms with E-state index in [0.717, 1.165) is 4.88 Å². The highest BCUT2D eigenvalue weighted by Gasteiger charge is 2.27. The first-order valence-corrected chi connectivity index (χ1v) is 8.39. The summed E-state index contributed by atoms with van der Waals surface area (Å²) in [6.07, 6.45) is 0.642. The zero-order valence-electron chi connectivity index (χ0n) is 11.4. The van der Waals surface area contributed by atoms with Gasteiger partial charge in [-0.05, 0) is 32.4 Å². The Morgan fingerprint density at radius 1 is 1.37 bits per heavy atom. The van der Waals surface area contributed by atoms with Gasteiger partial charge in [-0.2, -0.15) is 4.31 Å². The van der Waals surface area contributed by atoms with E-state index in [9.17, 15) is 13.2 Å². The molecule has 0 radical (unpaired) electrons. The highest BCUT2D eigenvalue weighted by molar-refractivity contribution is 7.91. The van der Waals surface area contributed by atoms with Gasteiger partial charge in [-0.25, -0.2) is 8.42 Å². The largest absolute Gasteiger partial charge is 0.465 e. The number of aryl methyl sites for hydroxylation is 1. The summed E-state index contributed by atoms with van der Waals surface area (Å²) in [6, 6.07) is 3.33. The van der Waals surface area contributed by atoms with Gasteiger partial charge in [0.05, 0.1) is 6.61 Å². The minimum atomic E-state index is -3.60. The summed E-state index contributed by atoms with van der Waals surface area (Å²) in [5, 5.41) is 0. The molecule has 1 heterocycles. The average molecular weight is 305 g/mol. The summed E-state index contributed by atoms with van der Waals surface area (Å²) in [5.41, 5.74) is 0. The summed E-state index contributed by atoms with van der Waals surface area (Å²) in [7, 11) is -3.60. The lowest BCUT2D eigenvalue weighted by atomic mass is 10.5. The van der Waals surface area contributed by atoms with E-state index in [1.807, 2.05) is 13.8 Å². The second-order valence-electron chi connectivity index (χ2n) is 4.01. The number of hydrogen-bond acceptors (Lipinski definition) is 5. The highest BCUT2D eigenvalue weighted by atomic mass is 32.2. The first-order chi connectivity index (χ1) is 8.91. The van der Waals surface area contributed by atoms with Gasteiger partial charge >= 0.3 is 5.97 Å². The molecule has 1 aromatic rings. The minimum absolute atomic E-state index is 0.235. The van der Waals surface area contributed by atoms with Crippen LogP contribution in [0.4, 0.5) is 0 Å². The van der Waals surface area contributed by atoms with Gasteiger partial charge in [-0.1, -0.05) is 6.92 Å². The summed E-state index contributed by atoms with van der Waals surface area (Å²) >= 11 is 1.21. The number of esters is 1. The lowest BCUT2D eigenvalue weighted by molar-refractivity contribution is -0.143. The fraction of sp³-hybridized carbons (Fsp3) is 0.583. The molecule has 0 aromatic carbocycles. The van der Waals surface area contributed by atoms with Crippen LogP contribution in [0.5, 0.6) is 0 Å². The Hall–Kier alpha value is -0.920. The smallest absolute Gasteiger partial charge is 0.321 e. The van der Waals surface area contributed by atoms with E-state index < -0.39 is 16.0 Å². The molecule has 108 valence electrons. The van der Waals surface area contributed by atoms with Crippen LogP contribution in [-0.4, -0.2) is 38.4 Å². The number of sulfonamides is 1. The Balaban J connectivity index is 2.94. The molecule has 7 heteroatoms. The fourth-order valence-corrected chi connectivity index (χ4v) is 4.48. The summed E-state index contributed by atoms with van der Waals surface area (Å²) in [4.78, 5) is 12.4. The Labute approximate surface area is 118 Å². The molecular formula is C12H19NO4S2. The summed E-state index contributed by atoms with van der Waals surface area (Å²) in [5.74, 6) is -0.521. The summed E-state index contributed by atoms with van der Waals surface area (Å²) < 4.78 is 31.1. The van der Waals surface area contributed by atoms with E-state index >= 15 is 0 Å². The van der Waals surface area contributed by atoms with Crippen LogP contribution in [0.3, 0.4) is 0 Å². The number of ether oxygens (including phenoxy) is 1. The van der Waals surface area contributed by atoms with E-state index in [0.29, 0.717) is 13.0 Å². The molecule has 0 unspecified atom stereocenters. The third kappa shape index (κ3) is 4.29. The van der Waals surface area contributed by atoms with E-state index in [2.05, 4.69) is 0 Å². The van der Waals surface area contributed by atoms with Crippen LogP contribution < -0.4 is 0 Å². The minimum Gasteiger partial charge on any atom is -0.465 e. The Morgan fingerprint density at radius 2 is 2.05 bits per heavy atom. The molecule has 0 aliphatic heterocycles. The molecule has 0 aliphatic rings. The lowest BCUT2D eigenvalue weighted by Crippen LogP contribution is -2.36. The lowest BCUT2D eigenvalue weighted by Gasteiger charge is -2.19. The molecule has 5 nitrogen and oxygen atoms in total. The van der Waals surface area contributed by atoms with Crippen LogP contribution >= 0.6 is 11.3 Å². The van der Waals surface area contributed by atoms with Crippen molar-refractivity contribution in [3.63, 3.8) is 0 Å². The zero-order chi connectivity index (χ0) is 14.5. The van der Waals surface area contributed by atoms with E-state index in [-0.39, 0.29) is 17.4 Å². The number of hydrogen-bond donors (Lipinski definition) is 0. The van der Waals surface area contributed by atoms with Crippen LogP contribution in [0.2, 0.25) is 0 Å². The zero-order valence-corrected chi connectivity index (χ0v) is 13.0.